The Morgan fingerprint density at radius 1 is 1.30 bits per heavy atom. The zero-order valence-electron chi connectivity index (χ0n) is 12.3. The minimum Gasteiger partial charge on any atom is -0.388 e. The zero-order chi connectivity index (χ0) is 14.1. The molecule has 0 bridgehead atoms. The lowest BCUT2D eigenvalue weighted by atomic mass is 9.94. The fourth-order valence-corrected chi connectivity index (χ4v) is 3.58. The lowest BCUT2D eigenvalue weighted by Crippen LogP contribution is -2.17. The van der Waals surface area contributed by atoms with E-state index in [1.165, 1.54) is 17.0 Å². The monoisotopic (exact) mass is 269 g/mol. The quantitative estimate of drug-likeness (QED) is 0.889. The van der Waals surface area contributed by atoms with E-state index < -0.39 is 0 Å². The van der Waals surface area contributed by atoms with Gasteiger partial charge in [0.2, 0.25) is 0 Å². The van der Waals surface area contributed by atoms with Gasteiger partial charge in [-0.3, -0.25) is 0 Å². The van der Waals surface area contributed by atoms with Crippen molar-refractivity contribution in [3.05, 3.63) is 58.9 Å². The molecule has 1 N–H and O–H groups in total. The molecule has 0 saturated heterocycles. The molecule has 2 aromatic rings. The lowest BCUT2D eigenvalue weighted by Gasteiger charge is -2.26. The van der Waals surface area contributed by atoms with Crippen LogP contribution in [-0.2, 0) is 6.42 Å². The molecular weight excluding hydrogens is 246 g/mol. The van der Waals surface area contributed by atoms with Crippen molar-refractivity contribution >= 4 is 0 Å². The first-order valence-corrected chi connectivity index (χ1v) is 7.66. The molecule has 20 heavy (non-hydrogen) atoms. The predicted molar refractivity (Wildman–Crippen MR) is 81.9 cm³/mol. The molecule has 1 aromatic heterocycles. The Morgan fingerprint density at radius 2 is 2.05 bits per heavy atom. The summed E-state index contributed by atoms with van der Waals surface area (Å²) in [6, 6.07) is 13.3. The molecule has 2 atom stereocenters. The highest BCUT2D eigenvalue weighted by atomic mass is 16.3. The summed E-state index contributed by atoms with van der Waals surface area (Å²) in [5, 5.41) is 10.2. The summed E-state index contributed by atoms with van der Waals surface area (Å²) in [7, 11) is 0. The highest BCUT2D eigenvalue weighted by Gasteiger charge is 2.26. The van der Waals surface area contributed by atoms with E-state index >= 15 is 0 Å². The number of aryl methyl sites for hydroxylation is 1. The zero-order valence-corrected chi connectivity index (χ0v) is 12.3. The van der Waals surface area contributed by atoms with Crippen molar-refractivity contribution in [1.82, 2.24) is 4.57 Å². The third kappa shape index (κ3) is 2.18. The molecule has 1 aliphatic rings. The molecule has 1 heterocycles. The fraction of sp³-hybridized carbons (Fsp3) is 0.444. The smallest absolute Gasteiger partial charge is 0.0807 e. The Labute approximate surface area is 121 Å². The van der Waals surface area contributed by atoms with Gasteiger partial charge in [0.15, 0.2) is 0 Å². The first-order valence-electron chi connectivity index (χ1n) is 7.66. The van der Waals surface area contributed by atoms with Gasteiger partial charge in [-0.05, 0) is 44.2 Å². The molecule has 0 saturated carbocycles. The normalized spacial score (nSPS) is 19.6. The topological polar surface area (TPSA) is 25.2 Å². The average Bonchev–Trinajstić information content (AvgIpc) is 2.80. The van der Waals surface area contributed by atoms with Gasteiger partial charge in [-0.15, -0.1) is 0 Å². The third-order valence-corrected chi connectivity index (χ3v) is 4.50. The summed E-state index contributed by atoms with van der Waals surface area (Å²) < 4.78 is 2.45. The minimum absolute atomic E-state index is 0.271. The number of nitrogens with zero attached hydrogens (tertiary/aromatic N) is 1. The van der Waals surface area contributed by atoms with Gasteiger partial charge < -0.3 is 9.67 Å². The lowest BCUT2D eigenvalue weighted by molar-refractivity contribution is 0.155. The predicted octanol–water partition coefficient (Wildman–Crippen LogP) is 4.17. The maximum Gasteiger partial charge on any atom is 0.0807 e. The summed E-state index contributed by atoms with van der Waals surface area (Å²) >= 11 is 0. The minimum atomic E-state index is -0.271. The molecule has 0 amide bonds. The molecule has 3 rings (SSSR count). The van der Waals surface area contributed by atoms with Crippen LogP contribution in [0.2, 0.25) is 0 Å². The largest absolute Gasteiger partial charge is 0.388 e. The number of aliphatic hydroxyl groups is 1. The van der Waals surface area contributed by atoms with Gasteiger partial charge in [-0.2, -0.15) is 0 Å². The van der Waals surface area contributed by atoms with E-state index in [9.17, 15) is 5.11 Å². The van der Waals surface area contributed by atoms with Crippen LogP contribution in [0.4, 0.5) is 0 Å². The summed E-state index contributed by atoms with van der Waals surface area (Å²) in [5.41, 5.74) is 5.13. The van der Waals surface area contributed by atoms with Gasteiger partial charge in [0.1, 0.15) is 0 Å². The van der Waals surface area contributed by atoms with Crippen LogP contribution in [0.3, 0.4) is 0 Å². The van der Waals surface area contributed by atoms with Crippen LogP contribution < -0.4 is 0 Å². The number of rotatable bonds is 3. The maximum atomic E-state index is 10.2. The van der Waals surface area contributed by atoms with Gasteiger partial charge >= 0.3 is 0 Å². The number of benzene rings is 1. The number of hydrogen-bond donors (Lipinski definition) is 1. The van der Waals surface area contributed by atoms with Crippen LogP contribution in [0.1, 0.15) is 60.8 Å². The third-order valence-electron chi connectivity index (χ3n) is 4.50. The summed E-state index contributed by atoms with van der Waals surface area (Å²) in [6.07, 6.45) is 3.87. The van der Waals surface area contributed by atoms with Gasteiger partial charge in [0.05, 0.1) is 12.1 Å². The molecule has 0 aliphatic heterocycles. The SMILES string of the molecule is CCC(c1ccccc1)n1c(C)cc2c1CCCC2O. The number of aliphatic hydroxyl groups excluding tert-OH is 1. The Balaban J connectivity index is 2.09. The Hall–Kier alpha value is -1.54. The van der Waals surface area contributed by atoms with Crippen LogP contribution in [0.25, 0.3) is 0 Å². The van der Waals surface area contributed by atoms with Gasteiger partial charge in [0, 0.05) is 17.0 Å². The Kier molecular flexibility index (Phi) is 3.66. The van der Waals surface area contributed by atoms with E-state index in [0.717, 1.165) is 31.2 Å². The van der Waals surface area contributed by atoms with E-state index in [-0.39, 0.29) is 6.10 Å². The Morgan fingerprint density at radius 3 is 2.75 bits per heavy atom. The standard InChI is InChI=1S/C18H23NO/c1-3-16(14-8-5-4-6-9-14)19-13(2)12-15-17(19)10-7-11-18(15)20/h4-6,8-9,12,16,18,20H,3,7,10-11H2,1-2H3. The average molecular weight is 269 g/mol. The molecule has 2 nitrogen and oxygen atoms in total. The van der Waals surface area contributed by atoms with Crippen LogP contribution >= 0.6 is 0 Å². The molecule has 0 spiro atoms. The molecule has 0 fully saturated rings. The van der Waals surface area contributed by atoms with Crippen molar-refractivity contribution in [3.63, 3.8) is 0 Å². The number of fused-ring (bicyclic) bond motifs is 1. The first-order chi connectivity index (χ1) is 9.72. The van der Waals surface area contributed by atoms with Crippen molar-refractivity contribution in [1.29, 1.82) is 0 Å². The summed E-state index contributed by atoms with van der Waals surface area (Å²) in [5.74, 6) is 0. The van der Waals surface area contributed by atoms with Crippen LogP contribution in [0.5, 0.6) is 0 Å². The maximum absolute atomic E-state index is 10.2. The van der Waals surface area contributed by atoms with E-state index in [1.54, 1.807) is 0 Å². The highest BCUT2D eigenvalue weighted by Crippen LogP contribution is 2.36. The van der Waals surface area contributed by atoms with Gasteiger partial charge in [0.25, 0.3) is 0 Å². The van der Waals surface area contributed by atoms with Crippen LogP contribution in [-0.4, -0.2) is 9.67 Å². The van der Waals surface area contributed by atoms with Crippen molar-refractivity contribution in [2.24, 2.45) is 0 Å². The summed E-state index contributed by atoms with van der Waals surface area (Å²) in [6.45, 7) is 4.40. The second-order valence-electron chi connectivity index (χ2n) is 5.80. The molecule has 1 aromatic carbocycles. The van der Waals surface area contributed by atoms with Crippen molar-refractivity contribution in [2.45, 2.75) is 51.7 Å². The van der Waals surface area contributed by atoms with E-state index in [1.807, 2.05) is 0 Å². The van der Waals surface area contributed by atoms with Gasteiger partial charge in [-0.25, -0.2) is 0 Å². The molecule has 0 radical (unpaired) electrons. The van der Waals surface area contributed by atoms with Crippen LogP contribution in [0, 0.1) is 6.92 Å². The molecule has 2 unspecified atom stereocenters. The number of hydrogen-bond acceptors (Lipinski definition) is 1. The van der Waals surface area contributed by atoms with E-state index in [4.69, 9.17) is 0 Å². The fourth-order valence-electron chi connectivity index (χ4n) is 3.58. The van der Waals surface area contributed by atoms with Crippen molar-refractivity contribution in [2.75, 3.05) is 0 Å². The molecule has 106 valence electrons. The second kappa shape index (κ2) is 5.45. The first kappa shape index (κ1) is 13.4. The number of aromatic nitrogens is 1. The van der Waals surface area contributed by atoms with Crippen molar-refractivity contribution < 1.29 is 5.11 Å². The Bertz CT molecular complexity index is 585. The van der Waals surface area contributed by atoms with E-state index in [0.29, 0.717) is 6.04 Å². The molecular formula is C18H23NO. The van der Waals surface area contributed by atoms with Crippen LogP contribution in [0.15, 0.2) is 36.4 Å². The molecule has 1 aliphatic carbocycles. The van der Waals surface area contributed by atoms with Crippen molar-refractivity contribution in [3.8, 4) is 0 Å². The molecule has 2 heteroatoms. The van der Waals surface area contributed by atoms with Gasteiger partial charge in [-0.1, -0.05) is 37.3 Å². The second-order valence-corrected chi connectivity index (χ2v) is 5.80. The van der Waals surface area contributed by atoms with E-state index in [2.05, 4.69) is 54.8 Å². The summed E-state index contributed by atoms with van der Waals surface area (Å²) in [4.78, 5) is 0. The highest BCUT2D eigenvalue weighted by molar-refractivity contribution is 5.34.